The van der Waals surface area contributed by atoms with Gasteiger partial charge in [0.25, 0.3) is 0 Å². The van der Waals surface area contributed by atoms with Crippen molar-refractivity contribution >= 4 is 0 Å². The molecular weight excluding hydrogens is 332 g/mol. The SMILES string of the molecule is CCCCCCCCCCCCCCCCO[C@H]1OC[C@@H](O)[C@H](O)[C@H]1O. The first-order chi connectivity index (χ1) is 12.7. The van der Waals surface area contributed by atoms with Crippen LogP contribution in [0.25, 0.3) is 0 Å². The molecule has 26 heavy (non-hydrogen) atoms. The van der Waals surface area contributed by atoms with Crippen molar-refractivity contribution in [2.45, 2.75) is 121 Å². The highest BCUT2D eigenvalue weighted by Crippen LogP contribution is 2.17. The summed E-state index contributed by atoms with van der Waals surface area (Å²) in [6.07, 6.45) is 14.1. The Hall–Kier alpha value is -0.200. The van der Waals surface area contributed by atoms with Gasteiger partial charge in [-0.25, -0.2) is 0 Å². The molecule has 1 rings (SSSR count). The van der Waals surface area contributed by atoms with Crippen LogP contribution in [-0.2, 0) is 9.47 Å². The minimum Gasteiger partial charge on any atom is -0.388 e. The zero-order valence-electron chi connectivity index (χ0n) is 16.8. The first-order valence-electron chi connectivity index (χ1n) is 10.9. The molecule has 0 spiro atoms. The predicted molar refractivity (Wildman–Crippen MR) is 104 cm³/mol. The maximum absolute atomic E-state index is 9.76. The average Bonchev–Trinajstić information content (AvgIpc) is 2.64. The van der Waals surface area contributed by atoms with E-state index >= 15 is 0 Å². The van der Waals surface area contributed by atoms with Crippen molar-refractivity contribution in [1.29, 1.82) is 0 Å². The molecule has 0 aromatic heterocycles. The molecule has 0 bridgehead atoms. The van der Waals surface area contributed by atoms with Gasteiger partial charge in [-0.05, 0) is 6.42 Å². The lowest BCUT2D eigenvalue weighted by Gasteiger charge is -2.34. The van der Waals surface area contributed by atoms with E-state index < -0.39 is 24.6 Å². The van der Waals surface area contributed by atoms with Crippen molar-refractivity contribution in [3.8, 4) is 0 Å². The zero-order chi connectivity index (χ0) is 19.0. The quantitative estimate of drug-likeness (QED) is 0.357. The Morgan fingerprint density at radius 3 is 1.65 bits per heavy atom. The molecule has 1 aliphatic rings. The number of rotatable bonds is 16. The van der Waals surface area contributed by atoms with E-state index in [1.165, 1.54) is 77.0 Å². The van der Waals surface area contributed by atoms with Crippen molar-refractivity contribution in [1.82, 2.24) is 0 Å². The average molecular weight is 375 g/mol. The summed E-state index contributed by atoms with van der Waals surface area (Å²) < 4.78 is 10.7. The third kappa shape index (κ3) is 10.8. The number of aliphatic hydroxyl groups is 3. The van der Waals surface area contributed by atoms with E-state index in [-0.39, 0.29) is 6.61 Å². The van der Waals surface area contributed by atoms with Crippen molar-refractivity contribution in [2.75, 3.05) is 13.2 Å². The van der Waals surface area contributed by atoms with Gasteiger partial charge in [0.1, 0.15) is 18.3 Å². The fraction of sp³-hybridized carbons (Fsp3) is 1.00. The zero-order valence-corrected chi connectivity index (χ0v) is 16.8. The van der Waals surface area contributed by atoms with E-state index in [9.17, 15) is 15.3 Å². The first-order valence-corrected chi connectivity index (χ1v) is 10.9. The molecule has 5 heteroatoms. The first kappa shape index (κ1) is 23.8. The van der Waals surface area contributed by atoms with Gasteiger partial charge in [0.15, 0.2) is 6.29 Å². The lowest BCUT2D eigenvalue weighted by atomic mass is 10.0. The minimum atomic E-state index is -1.19. The van der Waals surface area contributed by atoms with E-state index in [0.29, 0.717) is 6.61 Å². The van der Waals surface area contributed by atoms with Crippen LogP contribution >= 0.6 is 0 Å². The molecule has 0 aromatic rings. The van der Waals surface area contributed by atoms with Crippen LogP contribution in [0.5, 0.6) is 0 Å². The van der Waals surface area contributed by atoms with Crippen LogP contribution in [0.15, 0.2) is 0 Å². The summed E-state index contributed by atoms with van der Waals surface area (Å²) in [5.41, 5.74) is 0. The molecule has 0 aliphatic carbocycles. The molecule has 0 saturated carbocycles. The van der Waals surface area contributed by atoms with Gasteiger partial charge in [0.2, 0.25) is 0 Å². The smallest absolute Gasteiger partial charge is 0.186 e. The molecule has 1 heterocycles. The Morgan fingerprint density at radius 2 is 1.15 bits per heavy atom. The number of unbranched alkanes of at least 4 members (excludes halogenated alkanes) is 13. The topological polar surface area (TPSA) is 79.2 Å². The van der Waals surface area contributed by atoms with Crippen LogP contribution in [0.2, 0.25) is 0 Å². The molecular formula is C21H42O5. The van der Waals surface area contributed by atoms with Gasteiger partial charge in [-0.1, -0.05) is 90.4 Å². The third-order valence-corrected chi connectivity index (χ3v) is 5.23. The largest absolute Gasteiger partial charge is 0.388 e. The lowest BCUT2D eigenvalue weighted by Crippen LogP contribution is -2.53. The summed E-state index contributed by atoms with van der Waals surface area (Å²) in [6.45, 7) is 2.78. The van der Waals surface area contributed by atoms with Crippen molar-refractivity contribution in [3.05, 3.63) is 0 Å². The van der Waals surface area contributed by atoms with Crippen LogP contribution in [0.4, 0.5) is 0 Å². The molecule has 156 valence electrons. The van der Waals surface area contributed by atoms with E-state index in [2.05, 4.69) is 6.92 Å². The molecule has 0 aromatic carbocycles. The van der Waals surface area contributed by atoms with Crippen molar-refractivity contribution < 1.29 is 24.8 Å². The number of hydrogen-bond acceptors (Lipinski definition) is 5. The molecule has 0 unspecified atom stereocenters. The maximum Gasteiger partial charge on any atom is 0.186 e. The standard InChI is InChI=1S/C21H42O5/c1-2-3-4-5-6-7-8-9-10-11-12-13-14-15-16-25-21-20(24)19(23)18(22)17-26-21/h18-24H,2-17H2,1H3/t18-,19+,20-,21+/m1/s1. The Balaban J connectivity index is 1.80. The molecule has 0 radical (unpaired) electrons. The molecule has 3 N–H and O–H groups in total. The monoisotopic (exact) mass is 374 g/mol. The predicted octanol–water partition coefficient (Wildman–Crippen LogP) is 3.92. The van der Waals surface area contributed by atoms with Crippen LogP contribution < -0.4 is 0 Å². The summed E-state index contributed by atoms with van der Waals surface area (Å²) in [7, 11) is 0. The maximum atomic E-state index is 9.76. The van der Waals surface area contributed by atoms with Gasteiger partial charge in [0, 0.05) is 6.61 Å². The minimum absolute atomic E-state index is 0.00162. The highest BCUT2D eigenvalue weighted by Gasteiger charge is 2.37. The van der Waals surface area contributed by atoms with Crippen LogP contribution in [0.1, 0.15) is 96.8 Å². The lowest BCUT2D eigenvalue weighted by molar-refractivity contribution is -0.270. The van der Waals surface area contributed by atoms with E-state index in [1.54, 1.807) is 0 Å². The molecule has 1 aliphatic heterocycles. The second-order valence-electron chi connectivity index (χ2n) is 7.72. The fourth-order valence-corrected chi connectivity index (χ4v) is 3.42. The molecule has 4 atom stereocenters. The number of ether oxygens (including phenoxy) is 2. The molecule has 0 amide bonds. The Labute approximate surface area is 160 Å². The number of hydrogen-bond donors (Lipinski definition) is 3. The van der Waals surface area contributed by atoms with Gasteiger partial charge in [0.05, 0.1) is 6.61 Å². The van der Waals surface area contributed by atoms with E-state index in [4.69, 9.17) is 9.47 Å². The van der Waals surface area contributed by atoms with Gasteiger partial charge in [-0.2, -0.15) is 0 Å². The summed E-state index contributed by atoms with van der Waals surface area (Å²) in [6, 6.07) is 0. The number of aliphatic hydroxyl groups excluding tert-OH is 3. The van der Waals surface area contributed by atoms with Crippen LogP contribution in [-0.4, -0.2) is 53.1 Å². The Kier molecular flexibility index (Phi) is 14.5. The molecule has 5 nitrogen and oxygen atoms in total. The molecule has 1 saturated heterocycles. The van der Waals surface area contributed by atoms with Crippen molar-refractivity contribution in [3.63, 3.8) is 0 Å². The van der Waals surface area contributed by atoms with Gasteiger partial charge in [-0.3, -0.25) is 0 Å². The summed E-state index contributed by atoms with van der Waals surface area (Å²) >= 11 is 0. The summed E-state index contributed by atoms with van der Waals surface area (Å²) in [5, 5.41) is 28.7. The van der Waals surface area contributed by atoms with Gasteiger partial charge >= 0.3 is 0 Å². The third-order valence-electron chi connectivity index (χ3n) is 5.23. The van der Waals surface area contributed by atoms with Crippen LogP contribution in [0, 0.1) is 0 Å². The van der Waals surface area contributed by atoms with E-state index in [1.807, 2.05) is 0 Å². The van der Waals surface area contributed by atoms with Crippen LogP contribution in [0.3, 0.4) is 0 Å². The second kappa shape index (κ2) is 15.8. The highest BCUT2D eigenvalue weighted by molar-refractivity contribution is 4.82. The normalized spacial score (nSPS) is 26.3. The Morgan fingerprint density at radius 1 is 0.692 bits per heavy atom. The molecule has 1 fully saturated rings. The van der Waals surface area contributed by atoms with Crippen molar-refractivity contribution in [2.24, 2.45) is 0 Å². The highest BCUT2D eigenvalue weighted by atomic mass is 16.7. The summed E-state index contributed by atoms with van der Waals surface area (Å²) in [5.74, 6) is 0. The van der Waals surface area contributed by atoms with E-state index in [0.717, 1.165) is 12.8 Å². The van der Waals surface area contributed by atoms with Gasteiger partial charge < -0.3 is 24.8 Å². The fourth-order valence-electron chi connectivity index (χ4n) is 3.42. The Bertz CT molecular complexity index is 313. The second-order valence-corrected chi connectivity index (χ2v) is 7.72. The van der Waals surface area contributed by atoms with Gasteiger partial charge in [-0.15, -0.1) is 0 Å². The summed E-state index contributed by atoms with van der Waals surface area (Å²) in [4.78, 5) is 0.